The van der Waals surface area contributed by atoms with E-state index in [1.807, 2.05) is 5.10 Å². The second kappa shape index (κ2) is 3.80. The zero-order chi connectivity index (χ0) is 12.6. The van der Waals surface area contributed by atoms with E-state index in [2.05, 4.69) is 5.10 Å². The monoisotopic (exact) mass is 236 g/mol. The van der Waals surface area contributed by atoms with Gasteiger partial charge in [-0.25, -0.2) is 0 Å². The molecule has 0 saturated carbocycles. The number of aliphatic carboxylic acids is 1. The molecule has 2 N–H and O–H groups in total. The largest absolute Gasteiger partial charge is 0.481 e. The maximum absolute atomic E-state index is 12.5. The van der Waals surface area contributed by atoms with Crippen LogP contribution in [0.1, 0.15) is 31.5 Å². The molecular formula is C9H11F3N2O2. The molecule has 0 saturated heterocycles. The first-order chi connectivity index (χ1) is 7.14. The number of carbonyl (C=O) groups is 1. The topological polar surface area (TPSA) is 66.0 Å². The number of carboxylic acids is 1. The van der Waals surface area contributed by atoms with Gasteiger partial charge in [-0.2, -0.15) is 18.3 Å². The molecular weight excluding hydrogens is 225 g/mol. The Labute approximate surface area is 89.5 Å². The highest BCUT2D eigenvalue weighted by atomic mass is 19.4. The smallest absolute Gasteiger partial charge is 0.433 e. The van der Waals surface area contributed by atoms with Gasteiger partial charge in [0.25, 0.3) is 0 Å². The molecule has 1 rings (SSSR count). The van der Waals surface area contributed by atoms with Crippen LogP contribution in [0.2, 0.25) is 0 Å². The highest BCUT2D eigenvalue weighted by molar-refractivity contribution is 5.69. The molecule has 0 aromatic carbocycles. The van der Waals surface area contributed by atoms with Gasteiger partial charge in [0.2, 0.25) is 0 Å². The minimum atomic E-state index is -4.55. The fraction of sp³-hybridized carbons (Fsp3) is 0.556. The predicted molar refractivity (Wildman–Crippen MR) is 48.9 cm³/mol. The Morgan fingerprint density at radius 3 is 2.50 bits per heavy atom. The summed E-state index contributed by atoms with van der Waals surface area (Å²) in [5.74, 6) is -1.15. The molecule has 0 fully saturated rings. The van der Waals surface area contributed by atoms with Crippen molar-refractivity contribution in [1.82, 2.24) is 10.2 Å². The summed E-state index contributed by atoms with van der Waals surface area (Å²) < 4.78 is 37.6. The number of hydrogen-bond acceptors (Lipinski definition) is 2. The van der Waals surface area contributed by atoms with E-state index < -0.39 is 29.7 Å². The van der Waals surface area contributed by atoms with Crippen molar-refractivity contribution in [3.05, 3.63) is 17.5 Å². The van der Waals surface area contributed by atoms with Gasteiger partial charge < -0.3 is 5.11 Å². The van der Waals surface area contributed by atoms with E-state index in [1.165, 1.54) is 13.8 Å². The van der Waals surface area contributed by atoms with Crippen LogP contribution in [-0.2, 0) is 16.4 Å². The van der Waals surface area contributed by atoms with E-state index in [4.69, 9.17) is 5.11 Å². The van der Waals surface area contributed by atoms with Crippen molar-refractivity contribution in [1.29, 1.82) is 0 Å². The van der Waals surface area contributed by atoms with Crippen LogP contribution in [0.3, 0.4) is 0 Å². The number of carboxylic acid groups (broad SMARTS) is 1. The molecule has 1 heterocycles. The van der Waals surface area contributed by atoms with E-state index in [9.17, 15) is 18.0 Å². The number of nitrogens with one attached hydrogen (secondary N) is 1. The van der Waals surface area contributed by atoms with Crippen LogP contribution >= 0.6 is 0 Å². The van der Waals surface area contributed by atoms with Crippen LogP contribution in [0.15, 0.2) is 6.20 Å². The maximum Gasteiger partial charge on any atom is 0.433 e. The van der Waals surface area contributed by atoms with Gasteiger partial charge in [0.05, 0.1) is 12.6 Å². The van der Waals surface area contributed by atoms with E-state index in [1.54, 1.807) is 0 Å². The third-order valence-electron chi connectivity index (χ3n) is 2.25. The van der Waals surface area contributed by atoms with Crippen LogP contribution in [0.4, 0.5) is 13.2 Å². The van der Waals surface area contributed by atoms with E-state index in [0.717, 1.165) is 6.20 Å². The molecule has 4 nitrogen and oxygen atoms in total. The first kappa shape index (κ1) is 12.5. The van der Waals surface area contributed by atoms with Gasteiger partial charge in [-0.1, -0.05) is 13.8 Å². The summed E-state index contributed by atoms with van der Waals surface area (Å²) in [5.41, 5.74) is -2.25. The second-order valence-electron chi connectivity index (χ2n) is 4.11. The number of nitrogens with zero attached hydrogens (tertiary/aromatic N) is 1. The van der Waals surface area contributed by atoms with Crippen LogP contribution < -0.4 is 0 Å². The summed E-state index contributed by atoms with van der Waals surface area (Å²) in [6.07, 6.45) is -3.93. The fourth-order valence-corrected chi connectivity index (χ4v) is 1.49. The summed E-state index contributed by atoms with van der Waals surface area (Å²) in [6.45, 7) is 2.86. The number of hydrogen-bond donors (Lipinski definition) is 2. The van der Waals surface area contributed by atoms with Crippen molar-refractivity contribution in [2.75, 3.05) is 0 Å². The van der Waals surface area contributed by atoms with Crippen LogP contribution in [0.25, 0.3) is 0 Å². The number of halogens is 3. The predicted octanol–water partition coefficient (Wildman–Crippen LogP) is 2.18. The lowest BCUT2D eigenvalue weighted by Gasteiger charge is -2.23. The fourth-order valence-electron chi connectivity index (χ4n) is 1.49. The number of rotatable bonds is 3. The highest BCUT2D eigenvalue weighted by Crippen LogP contribution is 2.37. The Hall–Kier alpha value is -1.53. The molecule has 16 heavy (non-hydrogen) atoms. The zero-order valence-electron chi connectivity index (χ0n) is 8.72. The second-order valence-corrected chi connectivity index (χ2v) is 4.11. The van der Waals surface area contributed by atoms with Gasteiger partial charge in [-0.05, 0) is 0 Å². The van der Waals surface area contributed by atoms with Gasteiger partial charge in [0.15, 0.2) is 0 Å². The maximum atomic E-state index is 12.5. The zero-order valence-corrected chi connectivity index (χ0v) is 8.72. The van der Waals surface area contributed by atoms with E-state index in [-0.39, 0.29) is 5.56 Å². The molecule has 0 unspecified atom stereocenters. The SMILES string of the molecule is CC(C)(CC(=O)O)c1cn[nH]c1C(F)(F)F. The summed E-state index contributed by atoms with van der Waals surface area (Å²) in [6, 6.07) is 0. The van der Waals surface area contributed by atoms with E-state index >= 15 is 0 Å². The molecule has 0 atom stereocenters. The molecule has 0 aliphatic heterocycles. The molecule has 0 aliphatic rings. The normalized spacial score (nSPS) is 12.8. The Balaban J connectivity index is 3.14. The molecule has 0 radical (unpaired) electrons. The minimum Gasteiger partial charge on any atom is -0.481 e. The number of H-pyrrole nitrogens is 1. The van der Waals surface area contributed by atoms with Crippen molar-refractivity contribution in [3.8, 4) is 0 Å². The molecule has 7 heteroatoms. The molecule has 0 bridgehead atoms. The molecule has 1 aromatic heterocycles. The van der Waals surface area contributed by atoms with Crippen LogP contribution in [0.5, 0.6) is 0 Å². The molecule has 90 valence electrons. The third kappa shape index (κ3) is 2.53. The Morgan fingerprint density at radius 2 is 2.06 bits per heavy atom. The van der Waals surface area contributed by atoms with Crippen molar-refractivity contribution in [2.24, 2.45) is 0 Å². The Morgan fingerprint density at radius 1 is 1.50 bits per heavy atom. The van der Waals surface area contributed by atoms with Gasteiger partial charge >= 0.3 is 12.1 Å². The quantitative estimate of drug-likeness (QED) is 0.845. The lowest BCUT2D eigenvalue weighted by molar-refractivity contribution is -0.144. The Bertz CT molecular complexity index is 396. The van der Waals surface area contributed by atoms with Crippen molar-refractivity contribution in [3.63, 3.8) is 0 Å². The summed E-state index contributed by atoms with van der Waals surface area (Å²) in [5, 5.41) is 13.8. The molecule has 0 aliphatic carbocycles. The number of alkyl halides is 3. The van der Waals surface area contributed by atoms with Crippen LogP contribution in [-0.4, -0.2) is 21.3 Å². The average Bonchev–Trinajstić information content (AvgIpc) is 2.46. The van der Waals surface area contributed by atoms with Crippen molar-refractivity contribution >= 4 is 5.97 Å². The third-order valence-corrected chi connectivity index (χ3v) is 2.25. The minimum absolute atomic E-state index is 0.137. The lowest BCUT2D eigenvalue weighted by Crippen LogP contribution is -2.25. The van der Waals surface area contributed by atoms with Gasteiger partial charge in [-0.15, -0.1) is 0 Å². The first-order valence-corrected chi connectivity index (χ1v) is 4.47. The van der Waals surface area contributed by atoms with Crippen molar-refractivity contribution in [2.45, 2.75) is 31.9 Å². The highest BCUT2D eigenvalue weighted by Gasteiger charge is 2.40. The summed E-state index contributed by atoms with van der Waals surface area (Å²) >= 11 is 0. The van der Waals surface area contributed by atoms with Gasteiger partial charge in [0.1, 0.15) is 5.69 Å². The van der Waals surface area contributed by atoms with Crippen LogP contribution in [0, 0.1) is 0 Å². The average molecular weight is 236 g/mol. The first-order valence-electron chi connectivity index (χ1n) is 4.47. The molecule has 1 aromatic rings. The molecule has 0 amide bonds. The number of aromatic amines is 1. The molecule has 0 spiro atoms. The van der Waals surface area contributed by atoms with Gasteiger partial charge in [0, 0.05) is 11.0 Å². The number of aromatic nitrogens is 2. The van der Waals surface area contributed by atoms with E-state index in [0.29, 0.717) is 0 Å². The Kier molecular flexibility index (Phi) is 2.98. The lowest BCUT2D eigenvalue weighted by atomic mass is 9.81. The summed E-state index contributed by atoms with van der Waals surface area (Å²) in [4.78, 5) is 10.6. The standard InChI is InChI=1S/C9H11F3N2O2/c1-8(2,3-6(15)16)5-4-13-14-7(5)9(10,11)12/h4H,3H2,1-2H3,(H,13,14)(H,15,16). The van der Waals surface area contributed by atoms with Crippen molar-refractivity contribution < 1.29 is 23.1 Å². The summed E-state index contributed by atoms with van der Waals surface area (Å²) in [7, 11) is 0. The van der Waals surface area contributed by atoms with Gasteiger partial charge in [-0.3, -0.25) is 9.89 Å².